The molecule has 1 aliphatic rings. The van der Waals surface area contributed by atoms with Crippen LogP contribution in [0.25, 0.3) is 11.4 Å². The number of hydrogen-bond donors (Lipinski definition) is 2. The lowest BCUT2D eigenvalue weighted by Crippen LogP contribution is -2.36. The van der Waals surface area contributed by atoms with Gasteiger partial charge in [-0.1, -0.05) is 24.3 Å². The molecule has 1 aromatic carbocycles. The zero-order chi connectivity index (χ0) is 13.1. The molecule has 100 valence electrons. The SMILES string of the molecule is OCc1ccc(-c2nc(N3CCOCC3)n[nH]2)cc1. The van der Waals surface area contributed by atoms with Crippen LogP contribution in [0.5, 0.6) is 0 Å². The lowest BCUT2D eigenvalue weighted by molar-refractivity contribution is 0.122. The largest absolute Gasteiger partial charge is 0.392 e. The van der Waals surface area contributed by atoms with Crippen molar-refractivity contribution >= 4 is 5.95 Å². The molecule has 6 heteroatoms. The summed E-state index contributed by atoms with van der Waals surface area (Å²) in [5.74, 6) is 1.45. The molecule has 1 aromatic heterocycles. The number of rotatable bonds is 3. The van der Waals surface area contributed by atoms with E-state index in [4.69, 9.17) is 9.84 Å². The summed E-state index contributed by atoms with van der Waals surface area (Å²) in [4.78, 5) is 6.60. The number of benzene rings is 1. The van der Waals surface area contributed by atoms with Gasteiger partial charge in [0.05, 0.1) is 19.8 Å². The lowest BCUT2D eigenvalue weighted by Gasteiger charge is -2.25. The zero-order valence-electron chi connectivity index (χ0n) is 10.5. The second-order valence-corrected chi connectivity index (χ2v) is 4.44. The Morgan fingerprint density at radius 2 is 1.95 bits per heavy atom. The van der Waals surface area contributed by atoms with Crippen molar-refractivity contribution in [3.63, 3.8) is 0 Å². The number of anilines is 1. The predicted molar refractivity (Wildman–Crippen MR) is 70.8 cm³/mol. The van der Waals surface area contributed by atoms with Crippen molar-refractivity contribution in [3.8, 4) is 11.4 Å². The Bertz CT molecular complexity index is 532. The van der Waals surface area contributed by atoms with Crippen LogP contribution in [0.2, 0.25) is 0 Å². The Hall–Kier alpha value is -1.92. The Balaban J connectivity index is 1.79. The molecule has 3 rings (SSSR count). The first-order chi connectivity index (χ1) is 9.36. The van der Waals surface area contributed by atoms with Crippen LogP contribution < -0.4 is 4.90 Å². The quantitative estimate of drug-likeness (QED) is 0.854. The molecule has 2 aromatic rings. The summed E-state index contributed by atoms with van der Waals surface area (Å²) in [5, 5.41) is 16.2. The molecule has 0 spiro atoms. The summed E-state index contributed by atoms with van der Waals surface area (Å²) in [6.45, 7) is 3.13. The van der Waals surface area contributed by atoms with E-state index >= 15 is 0 Å². The third-order valence-electron chi connectivity index (χ3n) is 3.18. The molecule has 1 fully saturated rings. The van der Waals surface area contributed by atoms with Crippen molar-refractivity contribution in [3.05, 3.63) is 29.8 Å². The van der Waals surface area contributed by atoms with Crippen molar-refractivity contribution in [2.24, 2.45) is 0 Å². The topological polar surface area (TPSA) is 74.3 Å². The van der Waals surface area contributed by atoms with Gasteiger partial charge in [-0.05, 0) is 5.56 Å². The van der Waals surface area contributed by atoms with Gasteiger partial charge in [0.25, 0.3) is 0 Å². The minimum Gasteiger partial charge on any atom is -0.392 e. The van der Waals surface area contributed by atoms with Gasteiger partial charge in [-0.25, -0.2) is 0 Å². The normalized spacial score (nSPS) is 15.7. The van der Waals surface area contributed by atoms with E-state index in [1.807, 2.05) is 24.3 Å². The van der Waals surface area contributed by atoms with Crippen LogP contribution in [-0.4, -0.2) is 46.6 Å². The third kappa shape index (κ3) is 2.59. The highest BCUT2D eigenvalue weighted by Gasteiger charge is 2.15. The zero-order valence-corrected chi connectivity index (χ0v) is 10.5. The Morgan fingerprint density at radius 1 is 1.21 bits per heavy atom. The number of aromatic amines is 1. The first kappa shape index (κ1) is 12.1. The smallest absolute Gasteiger partial charge is 0.245 e. The van der Waals surface area contributed by atoms with Gasteiger partial charge in [-0.3, -0.25) is 5.10 Å². The van der Waals surface area contributed by atoms with E-state index in [9.17, 15) is 0 Å². The lowest BCUT2D eigenvalue weighted by atomic mass is 10.1. The number of nitrogens with one attached hydrogen (secondary N) is 1. The van der Waals surface area contributed by atoms with Gasteiger partial charge in [-0.2, -0.15) is 4.98 Å². The van der Waals surface area contributed by atoms with Crippen molar-refractivity contribution in [1.29, 1.82) is 0 Å². The van der Waals surface area contributed by atoms with Crippen LogP contribution in [0.4, 0.5) is 5.95 Å². The first-order valence-electron chi connectivity index (χ1n) is 6.32. The summed E-state index contributed by atoms with van der Waals surface area (Å²) in [7, 11) is 0. The summed E-state index contributed by atoms with van der Waals surface area (Å²) >= 11 is 0. The van der Waals surface area contributed by atoms with E-state index in [0.717, 1.165) is 43.3 Å². The van der Waals surface area contributed by atoms with Gasteiger partial charge in [0.2, 0.25) is 5.95 Å². The number of ether oxygens (including phenoxy) is 1. The van der Waals surface area contributed by atoms with E-state index in [2.05, 4.69) is 20.1 Å². The van der Waals surface area contributed by atoms with Crippen LogP contribution in [0.15, 0.2) is 24.3 Å². The summed E-state index contributed by atoms with van der Waals surface area (Å²) in [5.41, 5.74) is 1.85. The van der Waals surface area contributed by atoms with Gasteiger partial charge < -0.3 is 14.7 Å². The van der Waals surface area contributed by atoms with E-state index in [-0.39, 0.29) is 6.61 Å². The average Bonchev–Trinajstić information content (AvgIpc) is 2.98. The Morgan fingerprint density at radius 3 is 2.63 bits per heavy atom. The number of nitrogens with zero attached hydrogens (tertiary/aromatic N) is 3. The highest BCUT2D eigenvalue weighted by Crippen LogP contribution is 2.18. The molecular formula is C13H16N4O2. The van der Waals surface area contributed by atoms with Crippen molar-refractivity contribution in [2.45, 2.75) is 6.61 Å². The fourth-order valence-corrected chi connectivity index (χ4v) is 2.05. The maximum atomic E-state index is 9.02. The molecule has 1 saturated heterocycles. The molecule has 0 amide bonds. The molecule has 2 N–H and O–H groups in total. The molecule has 0 radical (unpaired) electrons. The minimum atomic E-state index is 0.0513. The fourth-order valence-electron chi connectivity index (χ4n) is 2.05. The number of aromatic nitrogens is 3. The average molecular weight is 260 g/mol. The van der Waals surface area contributed by atoms with Crippen LogP contribution in [-0.2, 0) is 11.3 Å². The van der Waals surface area contributed by atoms with Crippen LogP contribution >= 0.6 is 0 Å². The molecule has 0 bridgehead atoms. The second-order valence-electron chi connectivity index (χ2n) is 4.44. The molecule has 0 aliphatic carbocycles. The maximum absolute atomic E-state index is 9.02. The van der Waals surface area contributed by atoms with E-state index in [1.54, 1.807) is 0 Å². The van der Waals surface area contributed by atoms with Crippen LogP contribution in [0.3, 0.4) is 0 Å². The number of aliphatic hydroxyl groups excluding tert-OH is 1. The van der Waals surface area contributed by atoms with E-state index < -0.39 is 0 Å². The van der Waals surface area contributed by atoms with E-state index in [0.29, 0.717) is 5.95 Å². The van der Waals surface area contributed by atoms with Crippen LogP contribution in [0, 0.1) is 0 Å². The molecule has 2 heterocycles. The summed E-state index contributed by atoms with van der Waals surface area (Å²) in [6.07, 6.45) is 0. The Kier molecular flexibility index (Phi) is 3.43. The predicted octanol–water partition coefficient (Wildman–Crippen LogP) is 0.801. The molecule has 19 heavy (non-hydrogen) atoms. The van der Waals surface area contributed by atoms with Gasteiger partial charge in [0, 0.05) is 18.7 Å². The maximum Gasteiger partial charge on any atom is 0.245 e. The number of H-pyrrole nitrogens is 1. The summed E-state index contributed by atoms with van der Waals surface area (Å²) in [6, 6.07) is 7.61. The fraction of sp³-hybridized carbons (Fsp3) is 0.385. The standard InChI is InChI=1S/C13H16N4O2/c18-9-10-1-3-11(4-2-10)12-14-13(16-15-12)17-5-7-19-8-6-17/h1-4,18H,5-9H2,(H,14,15,16). The Labute approximate surface area is 111 Å². The third-order valence-corrected chi connectivity index (χ3v) is 3.18. The van der Waals surface area contributed by atoms with Crippen LogP contribution in [0.1, 0.15) is 5.56 Å². The van der Waals surface area contributed by atoms with Crippen molar-refractivity contribution in [2.75, 3.05) is 31.2 Å². The van der Waals surface area contributed by atoms with E-state index in [1.165, 1.54) is 0 Å². The van der Waals surface area contributed by atoms with Gasteiger partial charge in [0.15, 0.2) is 5.82 Å². The second kappa shape index (κ2) is 5.38. The highest BCUT2D eigenvalue weighted by molar-refractivity contribution is 5.56. The molecule has 0 saturated carbocycles. The molecular weight excluding hydrogens is 244 g/mol. The monoisotopic (exact) mass is 260 g/mol. The van der Waals surface area contributed by atoms with Gasteiger partial charge in [-0.15, -0.1) is 5.10 Å². The van der Waals surface area contributed by atoms with Gasteiger partial charge in [0.1, 0.15) is 0 Å². The van der Waals surface area contributed by atoms with Gasteiger partial charge >= 0.3 is 0 Å². The highest BCUT2D eigenvalue weighted by atomic mass is 16.5. The molecule has 6 nitrogen and oxygen atoms in total. The number of hydrogen-bond acceptors (Lipinski definition) is 5. The first-order valence-corrected chi connectivity index (χ1v) is 6.32. The molecule has 0 unspecified atom stereocenters. The van der Waals surface area contributed by atoms with Crippen molar-refractivity contribution in [1.82, 2.24) is 15.2 Å². The number of aliphatic hydroxyl groups is 1. The van der Waals surface area contributed by atoms with Crippen molar-refractivity contribution < 1.29 is 9.84 Å². The summed E-state index contributed by atoms with van der Waals surface area (Å²) < 4.78 is 5.31. The number of morpholine rings is 1. The molecule has 0 atom stereocenters. The molecule has 1 aliphatic heterocycles. The minimum absolute atomic E-state index is 0.0513.